The van der Waals surface area contributed by atoms with Gasteiger partial charge in [0.25, 0.3) is 5.91 Å². The summed E-state index contributed by atoms with van der Waals surface area (Å²) >= 11 is 1.31. The summed E-state index contributed by atoms with van der Waals surface area (Å²) in [6.45, 7) is 6.64. The van der Waals surface area contributed by atoms with Crippen molar-refractivity contribution in [2.45, 2.75) is 38.4 Å². The number of hydrogen-bond donors (Lipinski definition) is 1. The van der Waals surface area contributed by atoms with Gasteiger partial charge >= 0.3 is 5.97 Å². The van der Waals surface area contributed by atoms with E-state index in [-0.39, 0.29) is 18.3 Å². The zero-order valence-electron chi connectivity index (χ0n) is 20.2. The van der Waals surface area contributed by atoms with E-state index >= 15 is 0 Å². The first-order chi connectivity index (χ1) is 16.9. The van der Waals surface area contributed by atoms with Crippen molar-refractivity contribution in [2.24, 2.45) is 0 Å². The van der Waals surface area contributed by atoms with Gasteiger partial charge in [-0.25, -0.2) is 4.98 Å². The quantitative estimate of drug-likeness (QED) is 0.239. The van der Waals surface area contributed by atoms with Crippen molar-refractivity contribution in [3.05, 3.63) is 89.5 Å². The Morgan fingerprint density at radius 3 is 2.46 bits per heavy atom. The number of benzene rings is 3. The summed E-state index contributed by atoms with van der Waals surface area (Å²) in [6, 6.07) is 23.8. The SMILES string of the molecule is Cc1ccccc1Cn1c(SCC(=O)OCC(=O)Nc2ccc(C(C)C)cc2)nc2ccccc21. The van der Waals surface area contributed by atoms with Crippen LogP contribution >= 0.6 is 11.8 Å². The number of rotatable bonds is 9. The van der Waals surface area contributed by atoms with Crippen LogP contribution in [0.5, 0.6) is 0 Å². The normalized spacial score (nSPS) is 11.1. The van der Waals surface area contributed by atoms with Crippen molar-refractivity contribution < 1.29 is 14.3 Å². The standard InChI is InChI=1S/C28H29N3O3S/c1-19(2)21-12-14-23(15-13-21)29-26(32)17-34-27(33)18-35-28-30-24-10-6-7-11-25(24)31(28)16-22-9-5-4-8-20(22)3/h4-15,19H,16-18H2,1-3H3,(H,29,32). The number of anilines is 1. The number of para-hydroxylation sites is 2. The highest BCUT2D eigenvalue weighted by Crippen LogP contribution is 2.26. The van der Waals surface area contributed by atoms with Gasteiger partial charge in [0.15, 0.2) is 11.8 Å². The molecule has 0 fully saturated rings. The Bertz CT molecular complexity index is 1330. The number of hydrogen-bond acceptors (Lipinski definition) is 5. The Hall–Kier alpha value is -3.58. The minimum atomic E-state index is -0.463. The maximum atomic E-state index is 12.4. The number of amides is 1. The minimum absolute atomic E-state index is 0.0630. The molecule has 180 valence electrons. The number of aryl methyl sites for hydroxylation is 1. The van der Waals surface area contributed by atoms with E-state index < -0.39 is 5.97 Å². The fourth-order valence-corrected chi connectivity index (χ4v) is 4.55. The molecule has 4 aromatic rings. The molecule has 0 saturated carbocycles. The Morgan fingerprint density at radius 1 is 1.00 bits per heavy atom. The van der Waals surface area contributed by atoms with E-state index in [1.807, 2.05) is 60.7 Å². The molecule has 1 heterocycles. The number of aromatic nitrogens is 2. The average Bonchev–Trinajstić information content (AvgIpc) is 3.20. The second kappa shape index (κ2) is 11.2. The molecule has 1 N–H and O–H groups in total. The molecule has 0 atom stereocenters. The smallest absolute Gasteiger partial charge is 0.316 e. The molecule has 0 radical (unpaired) electrons. The van der Waals surface area contributed by atoms with Gasteiger partial charge in [-0.1, -0.05) is 74.1 Å². The first kappa shape index (κ1) is 24.5. The van der Waals surface area contributed by atoms with Gasteiger partial charge in [0, 0.05) is 5.69 Å². The zero-order chi connectivity index (χ0) is 24.8. The van der Waals surface area contributed by atoms with Gasteiger partial charge in [-0.15, -0.1) is 0 Å². The van der Waals surface area contributed by atoms with Gasteiger partial charge in [0.2, 0.25) is 0 Å². The van der Waals surface area contributed by atoms with Crippen LogP contribution < -0.4 is 5.32 Å². The summed E-state index contributed by atoms with van der Waals surface area (Å²) in [5.41, 5.74) is 6.15. The van der Waals surface area contributed by atoms with Gasteiger partial charge in [0.05, 0.1) is 23.3 Å². The van der Waals surface area contributed by atoms with Crippen molar-refractivity contribution in [2.75, 3.05) is 17.7 Å². The minimum Gasteiger partial charge on any atom is -0.455 e. The van der Waals surface area contributed by atoms with Crippen molar-refractivity contribution in [1.29, 1.82) is 0 Å². The summed E-state index contributed by atoms with van der Waals surface area (Å²) < 4.78 is 7.32. The molecule has 0 aliphatic rings. The highest BCUT2D eigenvalue weighted by Gasteiger charge is 2.15. The summed E-state index contributed by atoms with van der Waals surface area (Å²) in [5.74, 6) is -0.349. The molecule has 3 aromatic carbocycles. The maximum Gasteiger partial charge on any atom is 0.316 e. The van der Waals surface area contributed by atoms with Crippen LogP contribution in [0.2, 0.25) is 0 Å². The van der Waals surface area contributed by atoms with E-state index in [1.165, 1.54) is 28.5 Å². The second-order valence-electron chi connectivity index (χ2n) is 8.67. The number of esters is 1. The molecule has 0 unspecified atom stereocenters. The molecule has 0 bridgehead atoms. The number of thioether (sulfide) groups is 1. The lowest BCUT2D eigenvalue weighted by molar-refractivity contribution is -0.144. The molecule has 6 nitrogen and oxygen atoms in total. The van der Waals surface area contributed by atoms with Gasteiger partial charge in [0.1, 0.15) is 0 Å². The molecule has 0 aliphatic heterocycles. The molecule has 1 amide bonds. The van der Waals surface area contributed by atoms with Gasteiger partial charge < -0.3 is 14.6 Å². The number of nitrogens with one attached hydrogen (secondary N) is 1. The van der Waals surface area contributed by atoms with Crippen LogP contribution in [0, 0.1) is 6.92 Å². The molecule has 7 heteroatoms. The van der Waals surface area contributed by atoms with E-state index in [0.29, 0.717) is 18.2 Å². The Morgan fingerprint density at radius 2 is 1.71 bits per heavy atom. The van der Waals surface area contributed by atoms with Crippen LogP contribution in [0.1, 0.15) is 36.5 Å². The van der Waals surface area contributed by atoms with Crippen molar-refractivity contribution in [1.82, 2.24) is 9.55 Å². The number of imidazole rings is 1. The van der Waals surface area contributed by atoms with Crippen molar-refractivity contribution in [3.8, 4) is 0 Å². The summed E-state index contributed by atoms with van der Waals surface area (Å²) in [6.07, 6.45) is 0. The van der Waals surface area contributed by atoms with E-state index in [2.05, 4.69) is 42.8 Å². The number of nitrogens with zero attached hydrogens (tertiary/aromatic N) is 2. The lowest BCUT2D eigenvalue weighted by atomic mass is 10.0. The van der Waals surface area contributed by atoms with Crippen LogP contribution in [0.4, 0.5) is 5.69 Å². The third kappa shape index (κ3) is 6.31. The molecule has 35 heavy (non-hydrogen) atoms. The van der Waals surface area contributed by atoms with Crippen LogP contribution in [0.25, 0.3) is 11.0 Å². The fourth-order valence-electron chi connectivity index (χ4n) is 3.73. The first-order valence-electron chi connectivity index (χ1n) is 11.6. The zero-order valence-corrected chi connectivity index (χ0v) is 21.0. The predicted octanol–water partition coefficient (Wildman–Crippen LogP) is 5.79. The Kier molecular flexibility index (Phi) is 7.87. The van der Waals surface area contributed by atoms with E-state index in [9.17, 15) is 9.59 Å². The first-order valence-corrected chi connectivity index (χ1v) is 12.6. The highest BCUT2D eigenvalue weighted by molar-refractivity contribution is 7.99. The maximum absolute atomic E-state index is 12.4. The van der Waals surface area contributed by atoms with Crippen LogP contribution in [0.3, 0.4) is 0 Å². The van der Waals surface area contributed by atoms with Crippen molar-refractivity contribution in [3.63, 3.8) is 0 Å². The molecular formula is C28H29N3O3S. The number of carbonyl (C=O) groups excluding carboxylic acids is 2. The molecule has 0 spiro atoms. The topological polar surface area (TPSA) is 73.2 Å². The molecule has 1 aromatic heterocycles. The largest absolute Gasteiger partial charge is 0.455 e. The fraction of sp³-hybridized carbons (Fsp3) is 0.250. The highest BCUT2D eigenvalue weighted by atomic mass is 32.2. The lowest BCUT2D eigenvalue weighted by Crippen LogP contribution is -2.21. The van der Waals surface area contributed by atoms with Gasteiger partial charge in [-0.2, -0.15) is 0 Å². The van der Waals surface area contributed by atoms with Crippen LogP contribution in [0.15, 0.2) is 78.0 Å². The Labute approximate surface area is 209 Å². The van der Waals surface area contributed by atoms with E-state index in [4.69, 9.17) is 9.72 Å². The predicted molar refractivity (Wildman–Crippen MR) is 141 cm³/mol. The third-order valence-electron chi connectivity index (χ3n) is 5.75. The monoisotopic (exact) mass is 487 g/mol. The lowest BCUT2D eigenvalue weighted by Gasteiger charge is -2.11. The molecular weight excluding hydrogens is 458 g/mol. The van der Waals surface area contributed by atoms with Gasteiger partial charge in [-0.3, -0.25) is 9.59 Å². The second-order valence-corrected chi connectivity index (χ2v) is 9.61. The summed E-state index contributed by atoms with van der Waals surface area (Å²) in [7, 11) is 0. The molecule has 0 saturated heterocycles. The van der Waals surface area contributed by atoms with E-state index in [1.54, 1.807) is 0 Å². The van der Waals surface area contributed by atoms with Gasteiger partial charge in [-0.05, 0) is 53.8 Å². The number of fused-ring (bicyclic) bond motifs is 1. The summed E-state index contributed by atoms with van der Waals surface area (Å²) in [4.78, 5) is 29.3. The Balaban J connectivity index is 1.35. The van der Waals surface area contributed by atoms with E-state index in [0.717, 1.165) is 16.2 Å². The third-order valence-corrected chi connectivity index (χ3v) is 6.70. The number of carbonyl (C=O) groups is 2. The average molecular weight is 488 g/mol. The molecule has 0 aliphatic carbocycles. The van der Waals surface area contributed by atoms with Crippen LogP contribution in [-0.4, -0.2) is 33.8 Å². The summed E-state index contributed by atoms with van der Waals surface area (Å²) in [5, 5.41) is 3.49. The molecule has 4 rings (SSSR count). The number of ether oxygens (including phenoxy) is 1. The van der Waals surface area contributed by atoms with Crippen molar-refractivity contribution >= 4 is 40.4 Å². The van der Waals surface area contributed by atoms with Crippen LogP contribution in [-0.2, 0) is 20.9 Å².